The molecule has 2 aromatic carbocycles. The average molecular weight is 358 g/mol. The first-order valence-electron chi connectivity index (χ1n) is 8.86. The molecule has 0 saturated carbocycles. The summed E-state index contributed by atoms with van der Waals surface area (Å²) < 4.78 is 5.67. The number of aryl methyl sites for hydroxylation is 2. The molecular formula is C21H26O5. The lowest BCUT2D eigenvalue weighted by Gasteiger charge is -2.40. The Balaban J connectivity index is 1.87. The van der Waals surface area contributed by atoms with Crippen molar-refractivity contribution in [3.05, 3.63) is 70.3 Å². The molecule has 26 heavy (non-hydrogen) atoms. The molecule has 1 aliphatic heterocycles. The number of rotatable bonds is 4. The van der Waals surface area contributed by atoms with Crippen LogP contribution in [0.15, 0.2) is 42.5 Å². The minimum absolute atomic E-state index is 0.427. The van der Waals surface area contributed by atoms with Crippen LogP contribution in [0.5, 0.6) is 0 Å². The molecule has 5 heteroatoms. The summed E-state index contributed by atoms with van der Waals surface area (Å²) in [6.45, 7) is 3.65. The van der Waals surface area contributed by atoms with Gasteiger partial charge in [0, 0.05) is 0 Å². The summed E-state index contributed by atoms with van der Waals surface area (Å²) in [6, 6.07) is 14.1. The molecule has 0 aliphatic carbocycles. The number of aliphatic hydroxyl groups excluding tert-OH is 4. The predicted octanol–water partition coefficient (Wildman–Crippen LogP) is 1.41. The lowest BCUT2D eigenvalue weighted by Crippen LogP contribution is -2.55. The first kappa shape index (κ1) is 19.0. The third-order valence-corrected chi connectivity index (χ3v) is 5.11. The highest BCUT2D eigenvalue weighted by atomic mass is 16.5. The predicted molar refractivity (Wildman–Crippen MR) is 97.9 cm³/mol. The second-order valence-electron chi connectivity index (χ2n) is 7.10. The molecule has 0 radical (unpaired) electrons. The molecule has 3 rings (SSSR count). The Hall–Kier alpha value is -1.76. The van der Waals surface area contributed by atoms with Gasteiger partial charge in [0.25, 0.3) is 0 Å². The van der Waals surface area contributed by atoms with Crippen molar-refractivity contribution in [1.29, 1.82) is 0 Å². The summed E-state index contributed by atoms with van der Waals surface area (Å²) in [6.07, 6.45) is -4.93. The molecule has 0 aromatic heterocycles. The Morgan fingerprint density at radius 1 is 0.885 bits per heavy atom. The van der Waals surface area contributed by atoms with Crippen LogP contribution >= 0.6 is 0 Å². The summed E-state index contributed by atoms with van der Waals surface area (Å²) in [5.41, 5.74) is 5.34. The molecule has 4 N–H and O–H groups in total. The zero-order valence-corrected chi connectivity index (χ0v) is 15.0. The van der Waals surface area contributed by atoms with E-state index in [1.807, 2.05) is 25.1 Å². The smallest absolute Gasteiger partial charge is 0.113 e. The van der Waals surface area contributed by atoms with Crippen LogP contribution in [0.3, 0.4) is 0 Å². The molecule has 5 atom stereocenters. The zero-order chi connectivity index (χ0) is 18.8. The molecule has 1 heterocycles. The van der Waals surface area contributed by atoms with E-state index in [0.29, 0.717) is 0 Å². The lowest BCUT2D eigenvalue weighted by atomic mass is 9.89. The highest BCUT2D eigenvalue weighted by Crippen LogP contribution is 2.33. The van der Waals surface area contributed by atoms with Crippen molar-refractivity contribution in [2.75, 3.05) is 6.61 Å². The highest BCUT2D eigenvalue weighted by molar-refractivity contribution is 5.37. The molecular weight excluding hydrogens is 332 g/mol. The van der Waals surface area contributed by atoms with Crippen molar-refractivity contribution in [2.45, 2.75) is 50.8 Å². The molecule has 0 amide bonds. The molecule has 5 nitrogen and oxygen atoms in total. The number of benzene rings is 2. The average Bonchev–Trinajstić information content (AvgIpc) is 2.64. The first-order valence-corrected chi connectivity index (χ1v) is 8.86. The van der Waals surface area contributed by atoms with Crippen molar-refractivity contribution < 1.29 is 25.2 Å². The van der Waals surface area contributed by atoms with Gasteiger partial charge < -0.3 is 25.2 Å². The Kier molecular flexibility index (Phi) is 5.75. The van der Waals surface area contributed by atoms with Gasteiger partial charge >= 0.3 is 0 Å². The minimum atomic E-state index is -1.37. The maximum atomic E-state index is 10.3. The van der Waals surface area contributed by atoms with E-state index in [1.54, 1.807) is 0 Å². The van der Waals surface area contributed by atoms with Gasteiger partial charge in [-0.2, -0.15) is 0 Å². The Morgan fingerprint density at radius 3 is 2.23 bits per heavy atom. The number of ether oxygens (including phenoxy) is 1. The second kappa shape index (κ2) is 7.86. The van der Waals surface area contributed by atoms with Gasteiger partial charge in [-0.1, -0.05) is 48.0 Å². The summed E-state index contributed by atoms with van der Waals surface area (Å²) in [5.74, 6) is 0. The quantitative estimate of drug-likeness (QED) is 0.664. The summed E-state index contributed by atoms with van der Waals surface area (Å²) in [4.78, 5) is 0. The van der Waals surface area contributed by atoms with Crippen molar-refractivity contribution in [3.63, 3.8) is 0 Å². The van der Waals surface area contributed by atoms with Crippen molar-refractivity contribution in [3.8, 4) is 0 Å². The molecule has 1 unspecified atom stereocenters. The van der Waals surface area contributed by atoms with Gasteiger partial charge in [-0.25, -0.2) is 0 Å². The van der Waals surface area contributed by atoms with Gasteiger partial charge in [0.05, 0.1) is 6.61 Å². The Labute approximate surface area is 153 Å². The molecule has 0 spiro atoms. The lowest BCUT2D eigenvalue weighted by molar-refractivity contribution is -0.231. The van der Waals surface area contributed by atoms with Gasteiger partial charge in [-0.15, -0.1) is 0 Å². The zero-order valence-electron chi connectivity index (χ0n) is 15.0. The Bertz CT molecular complexity index is 741. The summed E-state index contributed by atoms with van der Waals surface area (Å²) in [7, 11) is 0. The normalized spacial score (nSPS) is 28.9. The van der Waals surface area contributed by atoms with Crippen LogP contribution in [0, 0.1) is 13.8 Å². The fourth-order valence-corrected chi connectivity index (χ4v) is 3.36. The van der Waals surface area contributed by atoms with Gasteiger partial charge in [0.1, 0.15) is 30.5 Å². The second-order valence-corrected chi connectivity index (χ2v) is 7.10. The van der Waals surface area contributed by atoms with Crippen LogP contribution in [0.1, 0.15) is 33.9 Å². The van der Waals surface area contributed by atoms with E-state index in [4.69, 9.17) is 4.74 Å². The largest absolute Gasteiger partial charge is 0.394 e. The number of aliphatic hydroxyl groups is 4. The van der Waals surface area contributed by atoms with E-state index >= 15 is 0 Å². The van der Waals surface area contributed by atoms with Crippen molar-refractivity contribution in [2.24, 2.45) is 0 Å². The van der Waals surface area contributed by atoms with Crippen LogP contribution in [0.4, 0.5) is 0 Å². The topological polar surface area (TPSA) is 90.2 Å². The third-order valence-electron chi connectivity index (χ3n) is 5.11. The van der Waals surface area contributed by atoms with Crippen LogP contribution in [0.25, 0.3) is 0 Å². The van der Waals surface area contributed by atoms with E-state index in [2.05, 4.69) is 31.2 Å². The monoisotopic (exact) mass is 358 g/mol. The molecule has 1 aliphatic rings. The number of hydrogen-bond acceptors (Lipinski definition) is 5. The third kappa shape index (κ3) is 3.82. The van der Waals surface area contributed by atoms with E-state index in [0.717, 1.165) is 23.1 Å². The maximum absolute atomic E-state index is 10.3. The summed E-state index contributed by atoms with van der Waals surface area (Å²) in [5, 5.41) is 39.7. The van der Waals surface area contributed by atoms with Crippen molar-refractivity contribution >= 4 is 0 Å². The molecule has 2 aromatic rings. The van der Waals surface area contributed by atoms with Gasteiger partial charge in [-0.05, 0) is 42.5 Å². The highest BCUT2D eigenvalue weighted by Gasteiger charge is 2.43. The van der Waals surface area contributed by atoms with Crippen LogP contribution in [0.2, 0.25) is 0 Å². The van der Waals surface area contributed by atoms with Crippen LogP contribution in [-0.4, -0.2) is 51.4 Å². The van der Waals surface area contributed by atoms with E-state index in [9.17, 15) is 20.4 Å². The SMILES string of the molecule is Cc1ccc(Cc2cc([C@@H]3O[C@H](CO)[C@@H](O)C(O)[C@H]3O)ccc2C)cc1. The van der Waals surface area contributed by atoms with Gasteiger partial charge in [0.15, 0.2) is 0 Å². The van der Waals surface area contributed by atoms with Crippen LogP contribution < -0.4 is 0 Å². The molecule has 140 valence electrons. The van der Waals surface area contributed by atoms with E-state index < -0.39 is 37.1 Å². The standard InChI is InChI=1S/C21H26O5/c1-12-3-6-14(7-4-12)9-16-10-15(8-5-13(16)2)21-20(25)19(24)18(23)17(11-22)26-21/h3-8,10,17-25H,9,11H2,1-2H3/t17-,18-,19?,20-,21+/m1/s1. The molecule has 1 saturated heterocycles. The van der Waals surface area contributed by atoms with Gasteiger partial charge in [-0.3, -0.25) is 0 Å². The Morgan fingerprint density at radius 2 is 1.58 bits per heavy atom. The van der Waals surface area contributed by atoms with Crippen LogP contribution in [-0.2, 0) is 11.2 Å². The fraction of sp³-hybridized carbons (Fsp3) is 0.429. The fourth-order valence-electron chi connectivity index (χ4n) is 3.36. The van der Waals surface area contributed by atoms with E-state index in [-0.39, 0.29) is 0 Å². The van der Waals surface area contributed by atoms with Crippen molar-refractivity contribution in [1.82, 2.24) is 0 Å². The van der Waals surface area contributed by atoms with Gasteiger partial charge in [0.2, 0.25) is 0 Å². The maximum Gasteiger partial charge on any atom is 0.113 e. The first-order chi connectivity index (χ1) is 12.4. The number of hydrogen-bond donors (Lipinski definition) is 4. The molecule has 0 bridgehead atoms. The minimum Gasteiger partial charge on any atom is -0.394 e. The summed E-state index contributed by atoms with van der Waals surface area (Å²) >= 11 is 0. The molecule has 1 fully saturated rings. The van der Waals surface area contributed by atoms with E-state index in [1.165, 1.54) is 11.1 Å².